The molecule has 5 nitrogen and oxygen atoms in total. The number of rotatable bonds is 7. The van der Waals surface area contributed by atoms with Crippen LogP contribution >= 0.6 is 0 Å². The van der Waals surface area contributed by atoms with Crippen LogP contribution in [-0.2, 0) is 4.79 Å². The lowest BCUT2D eigenvalue weighted by molar-refractivity contribution is -0.122. The summed E-state index contributed by atoms with van der Waals surface area (Å²) in [5.41, 5.74) is 2.29. The molecule has 0 fully saturated rings. The Morgan fingerprint density at radius 3 is 2.14 bits per heavy atom. The summed E-state index contributed by atoms with van der Waals surface area (Å²) in [6.45, 7) is 5.17. The highest BCUT2D eigenvalue weighted by Gasteiger charge is 2.17. The highest BCUT2D eigenvalue weighted by molar-refractivity contribution is 5.95. The van der Waals surface area contributed by atoms with Gasteiger partial charge in [0.1, 0.15) is 11.5 Å². The van der Waals surface area contributed by atoms with Gasteiger partial charge in [0.2, 0.25) is 0 Å². The van der Waals surface area contributed by atoms with Gasteiger partial charge < -0.3 is 14.8 Å². The average Bonchev–Trinajstić information content (AvgIpc) is 2.71. The highest BCUT2D eigenvalue weighted by Crippen LogP contribution is 2.29. The minimum absolute atomic E-state index is 0.0208. The van der Waals surface area contributed by atoms with Crippen LogP contribution in [-0.4, -0.2) is 17.8 Å². The molecule has 3 aromatic rings. The number of aryl methyl sites for hydroxylation is 1. The molecule has 0 aromatic heterocycles. The fourth-order valence-corrected chi connectivity index (χ4v) is 2.65. The second-order valence-electron chi connectivity index (χ2n) is 6.74. The Hall–Kier alpha value is -3.60. The molecule has 0 aliphatic heterocycles. The summed E-state index contributed by atoms with van der Waals surface area (Å²) in [4.78, 5) is 23.9. The first-order valence-electron chi connectivity index (χ1n) is 9.34. The molecule has 1 unspecified atom stereocenters. The molecule has 0 saturated heterocycles. The number of benzene rings is 3. The normalized spacial score (nSPS) is 11.4. The fraction of sp³-hybridized carbons (Fsp3) is 0.167. The van der Waals surface area contributed by atoms with Gasteiger partial charge in [0, 0.05) is 5.56 Å². The van der Waals surface area contributed by atoms with E-state index in [4.69, 9.17) is 9.47 Å². The maximum Gasteiger partial charge on any atom is 0.265 e. The van der Waals surface area contributed by atoms with Crippen molar-refractivity contribution >= 4 is 17.4 Å². The molecule has 0 aliphatic carbocycles. The largest absolute Gasteiger partial charge is 0.481 e. The Morgan fingerprint density at radius 2 is 1.48 bits per heavy atom. The van der Waals surface area contributed by atoms with Crippen molar-refractivity contribution in [2.45, 2.75) is 26.9 Å². The van der Waals surface area contributed by atoms with Gasteiger partial charge in [-0.15, -0.1) is 0 Å². The predicted molar refractivity (Wildman–Crippen MR) is 113 cm³/mol. The molecule has 0 radical (unpaired) electrons. The molecule has 1 amide bonds. The molecule has 3 rings (SSSR count). The SMILES string of the molecule is CC(=O)c1ccc(OC(C)C(=O)Nc2ccccc2Oc2ccc(C)cc2)cc1. The first-order valence-corrected chi connectivity index (χ1v) is 9.34. The van der Waals surface area contributed by atoms with E-state index in [-0.39, 0.29) is 11.7 Å². The summed E-state index contributed by atoms with van der Waals surface area (Å²) >= 11 is 0. The second-order valence-corrected chi connectivity index (χ2v) is 6.74. The number of anilines is 1. The summed E-state index contributed by atoms with van der Waals surface area (Å²) in [6, 6.07) is 21.6. The number of amides is 1. The van der Waals surface area contributed by atoms with Gasteiger partial charge in [-0.3, -0.25) is 9.59 Å². The van der Waals surface area contributed by atoms with Crippen LogP contribution < -0.4 is 14.8 Å². The molecule has 0 saturated carbocycles. The van der Waals surface area contributed by atoms with Crippen LogP contribution in [0.4, 0.5) is 5.69 Å². The smallest absolute Gasteiger partial charge is 0.265 e. The number of hydrogen-bond acceptors (Lipinski definition) is 4. The van der Waals surface area contributed by atoms with E-state index in [1.54, 1.807) is 43.3 Å². The zero-order valence-electron chi connectivity index (χ0n) is 16.6. The van der Waals surface area contributed by atoms with E-state index in [0.29, 0.717) is 28.5 Å². The number of carbonyl (C=O) groups is 2. The molecular weight excluding hydrogens is 366 g/mol. The van der Waals surface area contributed by atoms with Gasteiger partial charge in [-0.2, -0.15) is 0 Å². The van der Waals surface area contributed by atoms with E-state index < -0.39 is 6.10 Å². The van der Waals surface area contributed by atoms with Gasteiger partial charge >= 0.3 is 0 Å². The molecule has 0 aliphatic rings. The van der Waals surface area contributed by atoms with Crippen LogP contribution in [0.2, 0.25) is 0 Å². The van der Waals surface area contributed by atoms with Crippen molar-refractivity contribution in [3.8, 4) is 17.2 Å². The van der Waals surface area contributed by atoms with Gasteiger partial charge in [0.25, 0.3) is 5.91 Å². The zero-order chi connectivity index (χ0) is 20.8. The number of para-hydroxylation sites is 2. The minimum Gasteiger partial charge on any atom is -0.481 e. The Balaban J connectivity index is 1.66. The Bertz CT molecular complexity index is 994. The van der Waals surface area contributed by atoms with Crippen molar-refractivity contribution in [1.82, 2.24) is 0 Å². The van der Waals surface area contributed by atoms with Crippen molar-refractivity contribution < 1.29 is 19.1 Å². The number of nitrogens with one attached hydrogen (secondary N) is 1. The van der Waals surface area contributed by atoms with E-state index in [1.807, 2.05) is 43.3 Å². The molecule has 0 spiro atoms. The van der Waals surface area contributed by atoms with Crippen molar-refractivity contribution in [1.29, 1.82) is 0 Å². The lowest BCUT2D eigenvalue weighted by Crippen LogP contribution is -2.30. The maximum atomic E-state index is 12.6. The summed E-state index contributed by atoms with van der Waals surface area (Å²) in [7, 11) is 0. The van der Waals surface area contributed by atoms with Crippen LogP contribution in [0.1, 0.15) is 29.8 Å². The van der Waals surface area contributed by atoms with Crippen molar-refractivity contribution in [3.63, 3.8) is 0 Å². The summed E-state index contributed by atoms with van der Waals surface area (Å²) in [5, 5.41) is 2.85. The Labute approximate surface area is 170 Å². The standard InChI is InChI=1S/C24H23NO4/c1-16-8-12-21(13-9-16)29-23-7-5-4-6-22(23)25-24(27)18(3)28-20-14-10-19(11-15-20)17(2)26/h4-15,18H,1-3H3,(H,25,27). The first kappa shape index (κ1) is 20.1. The third-order valence-corrected chi connectivity index (χ3v) is 4.34. The highest BCUT2D eigenvalue weighted by atomic mass is 16.5. The predicted octanol–water partition coefficient (Wildman–Crippen LogP) is 5.40. The molecule has 148 valence electrons. The van der Waals surface area contributed by atoms with E-state index in [2.05, 4.69) is 5.32 Å². The molecule has 3 aromatic carbocycles. The minimum atomic E-state index is -0.731. The van der Waals surface area contributed by atoms with Crippen molar-refractivity contribution in [2.24, 2.45) is 0 Å². The maximum absolute atomic E-state index is 12.6. The number of ketones is 1. The molecule has 29 heavy (non-hydrogen) atoms. The summed E-state index contributed by atoms with van der Waals surface area (Å²) in [6.07, 6.45) is -0.731. The second kappa shape index (κ2) is 9.06. The van der Waals surface area contributed by atoms with Crippen molar-refractivity contribution in [3.05, 3.63) is 83.9 Å². The third-order valence-electron chi connectivity index (χ3n) is 4.34. The van der Waals surface area contributed by atoms with Gasteiger partial charge in [0.05, 0.1) is 5.69 Å². The molecule has 0 heterocycles. The lowest BCUT2D eigenvalue weighted by atomic mass is 10.1. The van der Waals surface area contributed by atoms with E-state index in [1.165, 1.54) is 6.92 Å². The van der Waals surface area contributed by atoms with E-state index in [0.717, 1.165) is 5.56 Å². The Kier molecular flexibility index (Phi) is 6.29. The molecule has 0 bridgehead atoms. The topological polar surface area (TPSA) is 64.6 Å². The van der Waals surface area contributed by atoms with Gasteiger partial charge in [-0.1, -0.05) is 29.8 Å². The fourth-order valence-electron chi connectivity index (χ4n) is 2.65. The van der Waals surface area contributed by atoms with Crippen LogP contribution in [0.5, 0.6) is 17.2 Å². The first-order chi connectivity index (χ1) is 13.9. The van der Waals surface area contributed by atoms with Crippen LogP contribution in [0, 0.1) is 6.92 Å². The third kappa shape index (κ3) is 5.45. The number of hydrogen-bond donors (Lipinski definition) is 1. The molecule has 1 N–H and O–H groups in total. The summed E-state index contributed by atoms with van der Waals surface area (Å²) < 4.78 is 11.6. The van der Waals surface area contributed by atoms with Crippen LogP contribution in [0.25, 0.3) is 0 Å². The van der Waals surface area contributed by atoms with Gasteiger partial charge in [0.15, 0.2) is 17.6 Å². The number of Topliss-reactive ketones (excluding diaryl/α,β-unsaturated/α-hetero) is 1. The average molecular weight is 389 g/mol. The van der Waals surface area contributed by atoms with Gasteiger partial charge in [-0.05, 0) is 69.3 Å². The lowest BCUT2D eigenvalue weighted by Gasteiger charge is -2.17. The van der Waals surface area contributed by atoms with Crippen LogP contribution in [0.15, 0.2) is 72.8 Å². The molecule has 1 atom stereocenters. The molecular formula is C24H23NO4. The number of ether oxygens (including phenoxy) is 2. The summed E-state index contributed by atoms with van der Waals surface area (Å²) in [5.74, 6) is 1.42. The van der Waals surface area contributed by atoms with Gasteiger partial charge in [-0.25, -0.2) is 0 Å². The quantitative estimate of drug-likeness (QED) is 0.550. The number of carbonyl (C=O) groups excluding carboxylic acids is 2. The van der Waals surface area contributed by atoms with E-state index in [9.17, 15) is 9.59 Å². The Morgan fingerprint density at radius 1 is 0.862 bits per heavy atom. The van der Waals surface area contributed by atoms with Crippen LogP contribution in [0.3, 0.4) is 0 Å². The van der Waals surface area contributed by atoms with E-state index >= 15 is 0 Å². The zero-order valence-corrected chi connectivity index (χ0v) is 16.6. The van der Waals surface area contributed by atoms with Crippen molar-refractivity contribution in [2.75, 3.05) is 5.32 Å². The monoisotopic (exact) mass is 389 g/mol. The molecule has 5 heteroatoms.